The van der Waals surface area contributed by atoms with Crippen LogP contribution in [0, 0.1) is 23.5 Å². The molecule has 1 aromatic carbocycles. The third kappa shape index (κ3) is 3.28. The first-order chi connectivity index (χ1) is 8.45. The highest BCUT2D eigenvalue weighted by Gasteiger charge is 2.14. The Morgan fingerprint density at radius 1 is 1.33 bits per heavy atom. The van der Waals surface area contributed by atoms with Crippen LogP contribution >= 0.6 is 0 Å². The lowest BCUT2D eigenvalue weighted by molar-refractivity contribution is -0.136. The van der Waals surface area contributed by atoms with E-state index in [9.17, 15) is 18.4 Å². The molecule has 0 aromatic heterocycles. The number of carboxylic acid groups (broad SMARTS) is 1. The second kappa shape index (κ2) is 5.77. The average molecular weight is 254 g/mol. The van der Waals surface area contributed by atoms with Gasteiger partial charge in [0.1, 0.15) is 11.6 Å². The van der Waals surface area contributed by atoms with Crippen molar-refractivity contribution < 1.29 is 28.2 Å². The maximum absolute atomic E-state index is 13.3. The third-order valence-corrected chi connectivity index (χ3v) is 1.86. The molecule has 6 heteroatoms. The molecule has 0 saturated heterocycles. The van der Waals surface area contributed by atoms with E-state index in [-0.39, 0.29) is 6.61 Å². The van der Waals surface area contributed by atoms with E-state index in [1.165, 1.54) is 0 Å². The van der Waals surface area contributed by atoms with Crippen LogP contribution in [0.25, 0.3) is 0 Å². The van der Waals surface area contributed by atoms with Crippen LogP contribution < -0.4 is 0 Å². The Labute approximate surface area is 101 Å². The van der Waals surface area contributed by atoms with Crippen LogP contribution in [0.2, 0.25) is 0 Å². The van der Waals surface area contributed by atoms with Crippen molar-refractivity contribution in [1.82, 2.24) is 0 Å². The predicted octanol–water partition coefficient (Wildman–Crippen LogP) is 1.58. The minimum atomic E-state index is -1.59. The Hall–Kier alpha value is -2.42. The van der Waals surface area contributed by atoms with E-state index in [0.29, 0.717) is 12.1 Å². The number of hydrogen-bond acceptors (Lipinski definition) is 3. The fraction of sp³-hybridized carbons (Fsp3) is 0.167. The summed E-state index contributed by atoms with van der Waals surface area (Å²) in [5, 5.41) is 8.55. The third-order valence-electron chi connectivity index (χ3n) is 1.86. The first-order valence-electron chi connectivity index (χ1n) is 4.86. The zero-order chi connectivity index (χ0) is 13.7. The topological polar surface area (TPSA) is 63.6 Å². The zero-order valence-electron chi connectivity index (χ0n) is 9.29. The summed E-state index contributed by atoms with van der Waals surface area (Å²) in [6, 6.07) is 1.12. The van der Waals surface area contributed by atoms with E-state index in [4.69, 9.17) is 5.11 Å². The van der Waals surface area contributed by atoms with Crippen molar-refractivity contribution in [3.63, 3.8) is 0 Å². The maximum Gasteiger partial charge on any atom is 0.384 e. The van der Waals surface area contributed by atoms with Crippen molar-refractivity contribution in [3.8, 4) is 11.8 Å². The molecule has 0 spiro atoms. The summed E-state index contributed by atoms with van der Waals surface area (Å²) < 4.78 is 31.0. The molecular weight excluding hydrogens is 246 g/mol. The Morgan fingerprint density at radius 2 is 2.00 bits per heavy atom. The summed E-state index contributed by atoms with van der Waals surface area (Å²) in [5.74, 6) is -0.589. The predicted molar refractivity (Wildman–Crippen MR) is 56.8 cm³/mol. The van der Waals surface area contributed by atoms with Crippen molar-refractivity contribution in [2.45, 2.75) is 6.92 Å². The van der Waals surface area contributed by atoms with Crippen LogP contribution in [0.15, 0.2) is 12.1 Å². The smallest absolute Gasteiger partial charge is 0.384 e. The molecule has 0 radical (unpaired) electrons. The summed E-state index contributed by atoms with van der Waals surface area (Å²) in [6.45, 7) is 1.68. The molecule has 4 nitrogen and oxygen atoms in total. The number of ether oxygens (including phenoxy) is 1. The van der Waals surface area contributed by atoms with Gasteiger partial charge in [-0.15, -0.1) is 0 Å². The van der Waals surface area contributed by atoms with E-state index < -0.39 is 34.7 Å². The number of rotatable bonds is 2. The molecule has 0 fully saturated rings. The van der Waals surface area contributed by atoms with Gasteiger partial charge in [-0.1, -0.05) is 5.92 Å². The first kappa shape index (κ1) is 13.6. The molecule has 94 valence electrons. The Bertz CT molecular complexity index is 555. The number of hydrogen-bond donors (Lipinski definition) is 1. The normalized spacial score (nSPS) is 9.28. The molecule has 0 aliphatic rings. The van der Waals surface area contributed by atoms with Crippen LogP contribution in [0.3, 0.4) is 0 Å². The largest absolute Gasteiger partial charge is 0.478 e. The molecule has 0 atom stereocenters. The standard InChI is InChI=1S/C12H8F2O4/c1-2-18-11(15)4-3-7-5-10(14)8(12(16)17)6-9(7)13/h5-6H,2H2,1H3,(H,16,17). The fourth-order valence-electron chi connectivity index (χ4n) is 1.09. The lowest BCUT2D eigenvalue weighted by Crippen LogP contribution is -2.03. The first-order valence-corrected chi connectivity index (χ1v) is 4.86. The highest BCUT2D eigenvalue weighted by molar-refractivity contribution is 5.90. The number of halogens is 2. The molecule has 0 unspecified atom stereocenters. The summed E-state index contributed by atoms with van der Waals surface area (Å²) in [4.78, 5) is 21.4. The van der Waals surface area contributed by atoms with Crippen molar-refractivity contribution in [3.05, 3.63) is 34.9 Å². The van der Waals surface area contributed by atoms with E-state index in [0.717, 1.165) is 0 Å². The highest BCUT2D eigenvalue weighted by Crippen LogP contribution is 2.14. The summed E-state index contributed by atoms with van der Waals surface area (Å²) >= 11 is 0. The molecule has 0 aliphatic heterocycles. The number of aromatic carboxylic acids is 1. The molecule has 0 amide bonds. The molecule has 0 heterocycles. The number of carboxylic acids is 1. The minimum Gasteiger partial charge on any atom is -0.478 e. The SMILES string of the molecule is CCOC(=O)C#Cc1cc(F)c(C(=O)O)cc1F. The van der Waals surface area contributed by atoms with Gasteiger partial charge in [0.05, 0.1) is 17.7 Å². The summed E-state index contributed by atoms with van der Waals surface area (Å²) in [7, 11) is 0. The molecule has 1 aromatic rings. The second-order valence-electron chi connectivity index (χ2n) is 3.09. The van der Waals surface area contributed by atoms with E-state index in [2.05, 4.69) is 10.7 Å². The van der Waals surface area contributed by atoms with Crippen LogP contribution in [0.1, 0.15) is 22.8 Å². The number of benzene rings is 1. The van der Waals surface area contributed by atoms with Gasteiger partial charge in [0.2, 0.25) is 0 Å². The van der Waals surface area contributed by atoms with Crippen molar-refractivity contribution in [2.75, 3.05) is 6.61 Å². The van der Waals surface area contributed by atoms with Gasteiger partial charge >= 0.3 is 11.9 Å². The van der Waals surface area contributed by atoms with Crippen molar-refractivity contribution >= 4 is 11.9 Å². The van der Waals surface area contributed by atoms with Gasteiger partial charge < -0.3 is 9.84 Å². The van der Waals surface area contributed by atoms with Gasteiger partial charge in [0.15, 0.2) is 0 Å². The number of carbonyl (C=O) groups excluding carboxylic acids is 1. The van der Waals surface area contributed by atoms with Crippen molar-refractivity contribution in [2.24, 2.45) is 0 Å². The molecule has 1 N–H and O–H groups in total. The van der Waals surface area contributed by atoms with Crippen LogP contribution in [0.4, 0.5) is 8.78 Å². The van der Waals surface area contributed by atoms with Gasteiger partial charge in [-0.2, -0.15) is 0 Å². The summed E-state index contributed by atoms with van der Waals surface area (Å²) in [6.07, 6.45) is 0. The van der Waals surface area contributed by atoms with Gasteiger partial charge in [0, 0.05) is 5.92 Å². The highest BCUT2D eigenvalue weighted by atomic mass is 19.1. The second-order valence-corrected chi connectivity index (χ2v) is 3.09. The Balaban J connectivity index is 3.09. The van der Waals surface area contributed by atoms with Gasteiger partial charge in [-0.3, -0.25) is 0 Å². The van der Waals surface area contributed by atoms with Crippen LogP contribution in [-0.2, 0) is 9.53 Å². The number of carbonyl (C=O) groups is 2. The average Bonchev–Trinajstić information content (AvgIpc) is 2.29. The molecule has 0 saturated carbocycles. The Kier molecular flexibility index (Phi) is 4.38. The molecule has 1 rings (SSSR count). The van der Waals surface area contributed by atoms with Crippen LogP contribution in [-0.4, -0.2) is 23.7 Å². The quantitative estimate of drug-likeness (QED) is 0.642. The van der Waals surface area contributed by atoms with E-state index in [1.54, 1.807) is 6.92 Å². The van der Waals surface area contributed by atoms with Gasteiger partial charge in [0.25, 0.3) is 0 Å². The summed E-state index contributed by atoms with van der Waals surface area (Å²) in [5.41, 5.74) is -1.21. The zero-order valence-corrected chi connectivity index (χ0v) is 9.29. The van der Waals surface area contributed by atoms with Crippen LogP contribution in [0.5, 0.6) is 0 Å². The van der Waals surface area contributed by atoms with Gasteiger partial charge in [-0.05, 0) is 19.1 Å². The number of esters is 1. The van der Waals surface area contributed by atoms with E-state index in [1.807, 2.05) is 5.92 Å². The molecule has 18 heavy (non-hydrogen) atoms. The van der Waals surface area contributed by atoms with Crippen molar-refractivity contribution in [1.29, 1.82) is 0 Å². The lowest BCUT2D eigenvalue weighted by Gasteiger charge is -1.99. The maximum atomic E-state index is 13.3. The minimum absolute atomic E-state index is 0.113. The monoisotopic (exact) mass is 254 g/mol. The Morgan fingerprint density at radius 3 is 2.56 bits per heavy atom. The van der Waals surface area contributed by atoms with E-state index >= 15 is 0 Å². The molecular formula is C12H8F2O4. The fourth-order valence-corrected chi connectivity index (χ4v) is 1.09. The molecule has 0 bridgehead atoms. The molecule has 0 aliphatic carbocycles. The lowest BCUT2D eigenvalue weighted by atomic mass is 10.1. The van der Waals surface area contributed by atoms with Gasteiger partial charge in [-0.25, -0.2) is 18.4 Å².